The number of fused-ring (bicyclic) bond motifs is 1. The van der Waals surface area contributed by atoms with Crippen LogP contribution in [0.4, 0.5) is 0 Å². The van der Waals surface area contributed by atoms with Crippen LogP contribution in [-0.4, -0.2) is 27.0 Å². The first kappa shape index (κ1) is 30.3. The number of aryl methyl sites for hydroxylation is 1. The van der Waals surface area contributed by atoms with E-state index in [1.54, 1.807) is 18.2 Å². The second-order valence-corrected chi connectivity index (χ2v) is 11.8. The van der Waals surface area contributed by atoms with Crippen molar-refractivity contribution in [3.63, 3.8) is 0 Å². The summed E-state index contributed by atoms with van der Waals surface area (Å²) < 4.78 is 5.47. The van der Waals surface area contributed by atoms with Crippen LogP contribution in [-0.2, 0) is 12.8 Å². The second kappa shape index (κ2) is 15.3. The van der Waals surface area contributed by atoms with Gasteiger partial charge in [0.1, 0.15) is 10.5 Å². The minimum Gasteiger partial charge on any atom is -0.475 e. The van der Waals surface area contributed by atoms with Crippen molar-refractivity contribution in [2.24, 2.45) is 0 Å². The van der Waals surface area contributed by atoms with E-state index in [0.29, 0.717) is 29.0 Å². The van der Waals surface area contributed by atoms with Crippen LogP contribution in [0.2, 0.25) is 0 Å². The molecule has 0 amide bonds. The van der Waals surface area contributed by atoms with Crippen molar-refractivity contribution in [1.29, 1.82) is 0 Å². The summed E-state index contributed by atoms with van der Waals surface area (Å²) in [6.45, 7) is 2.24. The van der Waals surface area contributed by atoms with Gasteiger partial charge in [0.05, 0.1) is 5.39 Å². The second-order valence-electron chi connectivity index (χ2n) is 9.95. The Morgan fingerprint density at radius 2 is 1.66 bits per heavy atom. The highest BCUT2D eigenvalue weighted by Gasteiger charge is 2.29. The van der Waals surface area contributed by atoms with Crippen molar-refractivity contribution in [2.75, 3.05) is 5.88 Å². The third-order valence-corrected chi connectivity index (χ3v) is 8.29. The van der Waals surface area contributed by atoms with Gasteiger partial charge in [0.2, 0.25) is 5.76 Å². The lowest BCUT2D eigenvalue weighted by atomic mass is 9.95. The summed E-state index contributed by atoms with van der Waals surface area (Å²) in [7, 11) is 0. The van der Waals surface area contributed by atoms with Gasteiger partial charge in [0.25, 0.3) is 0 Å². The number of halogens is 1. The molecule has 0 aliphatic carbocycles. The summed E-state index contributed by atoms with van der Waals surface area (Å²) in [5.41, 5.74) is 2.20. The highest BCUT2D eigenvalue weighted by molar-refractivity contribution is 8.00. The third-order valence-electron chi connectivity index (χ3n) is 6.81. The molecule has 2 N–H and O–H groups in total. The smallest absolute Gasteiger partial charge is 0.371 e. The normalized spacial score (nSPS) is 13.0. The lowest BCUT2D eigenvalue weighted by Gasteiger charge is -2.29. The molecule has 0 fully saturated rings. The van der Waals surface area contributed by atoms with E-state index in [-0.39, 0.29) is 5.58 Å². The Balaban J connectivity index is 1.78. The highest BCUT2D eigenvalue weighted by atomic mass is 35.5. The summed E-state index contributed by atoms with van der Waals surface area (Å²) in [5, 5.41) is 21.4. The van der Waals surface area contributed by atoms with Crippen molar-refractivity contribution in [3.05, 3.63) is 75.6 Å². The maximum Gasteiger partial charge on any atom is 0.371 e. The topological polar surface area (TPSA) is 87.7 Å². The Morgan fingerprint density at radius 1 is 0.947 bits per heavy atom. The van der Waals surface area contributed by atoms with E-state index < -0.39 is 22.1 Å². The predicted molar refractivity (Wildman–Crippen MR) is 157 cm³/mol. The maximum absolute atomic E-state index is 12.3. The number of hydrogen-bond acceptors (Lipinski definition) is 5. The van der Waals surface area contributed by atoms with Crippen LogP contribution >= 0.6 is 23.4 Å². The van der Waals surface area contributed by atoms with Gasteiger partial charge in [-0.2, -0.15) is 0 Å². The quantitative estimate of drug-likeness (QED) is 0.0751. The fourth-order valence-corrected chi connectivity index (χ4v) is 6.14. The molecular weight excluding hydrogens is 520 g/mol. The van der Waals surface area contributed by atoms with Gasteiger partial charge < -0.3 is 14.6 Å². The van der Waals surface area contributed by atoms with E-state index in [1.165, 1.54) is 55.9 Å². The number of hydrogen-bond donors (Lipinski definition) is 2. The SMILES string of the molecule is CCCCCCCCCc1ccccc1C[C@@](O)(CCCCCl)Sc1ccc2c(=O)cc(C(=O)O)oc2c1. The minimum absolute atomic E-state index is 0.197. The summed E-state index contributed by atoms with van der Waals surface area (Å²) in [5.74, 6) is -1.16. The molecule has 1 atom stereocenters. The van der Waals surface area contributed by atoms with Crippen molar-refractivity contribution in [3.8, 4) is 0 Å². The number of carboxylic acids is 1. The first-order chi connectivity index (χ1) is 18.3. The Labute approximate surface area is 234 Å². The number of rotatable bonds is 17. The number of alkyl halides is 1. The van der Waals surface area contributed by atoms with Crippen molar-refractivity contribution >= 4 is 40.3 Å². The maximum atomic E-state index is 12.3. The molecule has 7 heteroatoms. The van der Waals surface area contributed by atoms with E-state index >= 15 is 0 Å². The first-order valence-electron chi connectivity index (χ1n) is 13.7. The molecule has 0 saturated carbocycles. The van der Waals surface area contributed by atoms with E-state index in [4.69, 9.17) is 16.0 Å². The highest BCUT2D eigenvalue weighted by Crippen LogP contribution is 2.39. The van der Waals surface area contributed by atoms with Gasteiger partial charge in [-0.05, 0) is 61.4 Å². The minimum atomic E-state index is -1.29. The van der Waals surface area contributed by atoms with Gasteiger partial charge in [-0.3, -0.25) is 4.79 Å². The largest absolute Gasteiger partial charge is 0.475 e. The monoisotopic (exact) mass is 558 g/mol. The van der Waals surface area contributed by atoms with Gasteiger partial charge in [0.15, 0.2) is 5.43 Å². The van der Waals surface area contributed by atoms with Gasteiger partial charge in [-0.25, -0.2) is 4.79 Å². The standard InChI is InChI=1S/C31H39ClO5S/c1-2-3-4-5-6-7-8-13-23-14-9-10-15-24(23)22-31(36,18-11-12-19-32)38-25-16-17-26-27(33)21-29(30(34)35)37-28(26)20-25/h9-10,14-17,20-21,36H,2-8,11-13,18-19,22H2,1H3,(H,34,35)/t31-/m1/s1. The van der Waals surface area contributed by atoms with Crippen LogP contribution in [0.3, 0.4) is 0 Å². The fraction of sp³-hybridized carbons (Fsp3) is 0.484. The zero-order valence-corrected chi connectivity index (χ0v) is 23.8. The van der Waals surface area contributed by atoms with Gasteiger partial charge >= 0.3 is 5.97 Å². The molecule has 2 aromatic carbocycles. The average Bonchev–Trinajstić information content (AvgIpc) is 2.89. The number of carbonyl (C=O) groups is 1. The number of aliphatic hydroxyl groups is 1. The molecule has 3 aromatic rings. The van der Waals surface area contributed by atoms with Crippen molar-refractivity contribution < 1.29 is 19.4 Å². The molecule has 0 radical (unpaired) electrons. The van der Waals surface area contributed by atoms with Gasteiger partial charge in [-0.15, -0.1) is 11.6 Å². The predicted octanol–water partition coefficient (Wildman–Crippen LogP) is 8.22. The zero-order valence-electron chi connectivity index (χ0n) is 22.2. The van der Waals surface area contributed by atoms with Gasteiger partial charge in [-0.1, -0.05) is 81.5 Å². The molecule has 1 aromatic heterocycles. The zero-order chi connectivity index (χ0) is 27.4. The van der Waals surface area contributed by atoms with Crippen LogP contribution in [0.1, 0.15) is 92.8 Å². The summed E-state index contributed by atoms with van der Waals surface area (Å²) in [6, 6.07) is 14.4. The lowest BCUT2D eigenvalue weighted by Crippen LogP contribution is -2.28. The first-order valence-corrected chi connectivity index (χ1v) is 15.1. The fourth-order valence-electron chi connectivity index (χ4n) is 4.74. The van der Waals surface area contributed by atoms with E-state index in [9.17, 15) is 19.8 Å². The van der Waals surface area contributed by atoms with Crippen LogP contribution in [0.15, 0.2) is 62.6 Å². The molecule has 0 spiro atoms. The van der Waals surface area contributed by atoms with Crippen LogP contribution in [0.25, 0.3) is 11.0 Å². The molecule has 0 aliphatic heterocycles. The summed E-state index contributed by atoms with van der Waals surface area (Å²) in [4.78, 5) is 23.3. The molecule has 1 heterocycles. The van der Waals surface area contributed by atoms with Crippen LogP contribution in [0.5, 0.6) is 0 Å². The number of unbranched alkanes of at least 4 members (excludes halogenated alkanes) is 7. The Kier molecular flexibility index (Phi) is 12.2. The summed E-state index contributed by atoms with van der Waals surface area (Å²) in [6.07, 6.45) is 12.4. The molecule has 5 nitrogen and oxygen atoms in total. The molecule has 0 unspecified atom stereocenters. The molecule has 0 saturated heterocycles. The van der Waals surface area contributed by atoms with Crippen LogP contribution < -0.4 is 5.43 Å². The van der Waals surface area contributed by atoms with Crippen molar-refractivity contribution in [2.45, 2.75) is 93.8 Å². The third kappa shape index (κ3) is 9.18. The average molecular weight is 559 g/mol. The Hall–Kier alpha value is -2.28. The molecule has 0 aliphatic rings. The van der Waals surface area contributed by atoms with Gasteiger partial charge in [0, 0.05) is 23.3 Å². The Morgan fingerprint density at radius 3 is 2.37 bits per heavy atom. The number of aromatic carboxylic acids is 1. The summed E-state index contributed by atoms with van der Waals surface area (Å²) >= 11 is 7.25. The molecule has 0 bridgehead atoms. The van der Waals surface area contributed by atoms with E-state index in [0.717, 1.165) is 37.3 Å². The molecule has 38 heavy (non-hydrogen) atoms. The number of carboxylic acid groups (broad SMARTS) is 1. The number of benzene rings is 2. The van der Waals surface area contributed by atoms with Crippen molar-refractivity contribution in [1.82, 2.24) is 0 Å². The molecule has 3 rings (SSSR count). The number of thioether (sulfide) groups is 1. The Bertz CT molecular complexity index is 1240. The van der Waals surface area contributed by atoms with E-state index in [2.05, 4.69) is 25.1 Å². The van der Waals surface area contributed by atoms with Crippen LogP contribution in [0, 0.1) is 0 Å². The molecule has 206 valence electrons. The lowest BCUT2D eigenvalue weighted by molar-refractivity contribution is 0.0663. The van der Waals surface area contributed by atoms with E-state index in [1.807, 2.05) is 6.07 Å². The molecular formula is C31H39ClO5S.